The minimum Gasteiger partial charge on any atom is -0.272 e. The average molecular weight is 388 g/mol. The van der Waals surface area contributed by atoms with Gasteiger partial charge in [-0.25, -0.2) is 9.82 Å². The van der Waals surface area contributed by atoms with E-state index in [2.05, 4.69) is 20.7 Å². The Balaban J connectivity index is 1.68. The summed E-state index contributed by atoms with van der Waals surface area (Å²) in [5, 5.41) is 21.2. The average Bonchev–Trinajstić information content (AvgIpc) is 3.13. The quantitative estimate of drug-likeness (QED) is 0.396. The van der Waals surface area contributed by atoms with Crippen LogP contribution in [0.1, 0.15) is 16.1 Å². The number of nitrogens with zero attached hydrogens (tertiary/aromatic N) is 3. The molecule has 0 fully saturated rings. The normalized spacial score (nSPS) is 10.9. The maximum Gasteiger partial charge on any atom is 0.289 e. The van der Waals surface area contributed by atoms with Crippen LogP contribution in [0.25, 0.3) is 11.3 Å². The van der Waals surface area contributed by atoms with E-state index in [-0.39, 0.29) is 22.2 Å². The number of nitro groups is 1. The number of hydrogen-bond acceptors (Lipinski definition) is 5. The van der Waals surface area contributed by atoms with Gasteiger partial charge in [0.15, 0.2) is 0 Å². The van der Waals surface area contributed by atoms with Crippen molar-refractivity contribution < 1.29 is 14.1 Å². The number of carbonyl (C=O) groups is 1. The van der Waals surface area contributed by atoms with Crippen LogP contribution < -0.4 is 5.43 Å². The summed E-state index contributed by atoms with van der Waals surface area (Å²) < 4.78 is 13.0. The minimum absolute atomic E-state index is 0.00645. The molecule has 0 unspecified atom stereocenters. The molecule has 0 saturated heterocycles. The highest BCUT2D eigenvalue weighted by Gasteiger charge is 2.13. The summed E-state index contributed by atoms with van der Waals surface area (Å²) >= 11 is 5.73. The first-order valence-corrected chi connectivity index (χ1v) is 7.90. The molecule has 3 aromatic rings. The molecule has 136 valence electrons. The number of carbonyl (C=O) groups excluding carboxylic acids is 1. The van der Waals surface area contributed by atoms with Crippen LogP contribution in [0.3, 0.4) is 0 Å². The number of H-pyrrole nitrogens is 1. The lowest BCUT2D eigenvalue weighted by Gasteiger charge is -1.98. The molecule has 1 amide bonds. The summed E-state index contributed by atoms with van der Waals surface area (Å²) in [6.07, 6.45) is 1.25. The van der Waals surface area contributed by atoms with Gasteiger partial charge in [-0.05, 0) is 36.4 Å². The Kier molecular flexibility index (Phi) is 5.23. The van der Waals surface area contributed by atoms with E-state index >= 15 is 0 Å². The molecule has 8 nitrogen and oxygen atoms in total. The van der Waals surface area contributed by atoms with Crippen molar-refractivity contribution in [2.75, 3.05) is 0 Å². The number of nitrogens with one attached hydrogen (secondary N) is 2. The summed E-state index contributed by atoms with van der Waals surface area (Å²) in [7, 11) is 0. The van der Waals surface area contributed by atoms with E-state index in [1.54, 1.807) is 12.1 Å². The lowest BCUT2D eigenvalue weighted by molar-refractivity contribution is -0.384. The van der Waals surface area contributed by atoms with E-state index in [1.807, 2.05) is 0 Å². The third-order valence-corrected chi connectivity index (χ3v) is 3.83. The van der Waals surface area contributed by atoms with Gasteiger partial charge in [0.05, 0.1) is 16.8 Å². The van der Waals surface area contributed by atoms with Gasteiger partial charge in [0.25, 0.3) is 11.6 Å². The second kappa shape index (κ2) is 7.75. The molecule has 2 N–H and O–H groups in total. The van der Waals surface area contributed by atoms with Crippen LogP contribution in [0.4, 0.5) is 10.1 Å². The Morgan fingerprint density at radius 2 is 2.00 bits per heavy atom. The van der Waals surface area contributed by atoms with E-state index in [1.165, 1.54) is 42.6 Å². The molecule has 0 atom stereocenters. The molecule has 1 aromatic heterocycles. The van der Waals surface area contributed by atoms with Crippen molar-refractivity contribution in [3.8, 4) is 11.3 Å². The van der Waals surface area contributed by atoms with Crippen molar-refractivity contribution in [3.05, 3.63) is 80.7 Å². The van der Waals surface area contributed by atoms with Crippen LogP contribution in [0.15, 0.2) is 53.6 Å². The molecular weight excluding hydrogens is 377 g/mol. The predicted octanol–water partition coefficient (Wildman–Crippen LogP) is 3.54. The number of halogens is 2. The molecule has 0 aliphatic rings. The molecule has 27 heavy (non-hydrogen) atoms. The van der Waals surface area contributed by atoms with E-state index in [9.17, 15) is 19.3 Å². The summed E-state index contributed by atoms with van der Waals surface area (Å²) in [4.78, 5) is 22.3. The van der Waals surface area contributed by atoms with Gasteiger partial charge in [0, 0.05) is 17.2 Å². The highest BCUT2D eigenvalue weighted by Crippen LogP contribution is 2.24. The SMILES string of the molecule is O=C(NN=Cc1ccc(Cl)c([N+](=O)[O-])c1)c1cc(-c2ccc(F)cc2)n[nH]1. The Morgan fingerprint density at radius 1 is 1.26 bits per heavy atom. The third-order valence-electron chi connectivity index (χ3n) is 3.51. The highest BCUT2D eigenvalue weighted by atomic mass is 35.5. The Morgan fingerprint density at radius 3 is 2.70 bits per heavy atom. The number of rotatable bonds is 5. The first kappa shape index (κ1) is 18.2. The number of hydrazone groups is 1. The first-order valence-electron chi connectivity index (χ1n) is 7.53. The number of nitro benzene ring substituents is 1. The van der Waals surface area contributed by atoms with Gasteiger partial charge in [0.1, 0.15) is 16.5 Å². The highest BCUT2D eigenvalue weighted by molar-refractivity contribution is 6.32. The van der Waals surface area contributed by atoms with E-state index in [4.69, 9.17) is 11.6 Å². The monoisotopic (exact) mass is 387 g/mol. The largest absolute Gasteiger partial charge is 0.289 e. The molecule has 0 spiro atoms. The van der Waals surface area contributed by atoms with Crippen molar-refractivity contribution >= 4 is 29.4 Å². The van der Waals surface area contributed by atoms with E-state index in [0.717, 1.165) is 0 Å². The molecule has 0 aliphatic heterocycles. The molecule has 3 rings (SSSR count). The third kappa shape index (κ3) is 4.33. The maximum atomic E-state index is 13.0. The fraction of sp³-hybridized carbons (Fsp3) is 0. The van der Waals surface area contributed by atoms with E-state index < -0.39 is 10.8 Å². The zero-order chi connectivity index (χ0) is 19.4. The van der Waals surface area contributed by atoms with Crippen molar-refractivity contribution in [1.82, 2.24) is 15.6 Å². The minimum atomic E-state index is -0.611. The fourth-order valence-corrected chi connectivity index (χ4v) is 2.37. The summed E-state index contributed by atoms with van der Waals surface area (Å²) in [6, 6.07) is 11.3. The van der Waals surface area contributed by atoms with E-state index in [0.29, 0.717) is 16.8 Å². The standard InChI is InChI=1S/C17H11ClFN5O3/c18-13-6-1-10(7-16(13)24(26)27)9-20-23-17(25)15-8-14(21-22-15)11-2-4-12(19)5-3-11/h1-9H,(H,21,22)(H,23,25). The predicted molar refractivity (Wildman–Crippen MR) is 97.1 cm³/mol. The van der Waals surface area contributed by atoms with Crippen LogP contribution >= 0.6 is 11.6 Å². The Bertz CT molecular complexity index is 1030. The van der Waals surface area contributed by atoms with Crippen molar-refractivity contribution in [2.45, 2.75) is 0 Å². The smallest absolute Gasteiger partial charge is 0.272 e. The molecule has 0 aliphatic carbocycles. The topological polar surface area (TPSA) is 113 Å². The van der Waals surface area contributed by atoms with Crippen molar-refractivity contribution in [1.29, 1.82) is 0 Å². The van der Waals surface area contributed by atoms with Crippen molar-refractivity contribution in [3.63, 3.8) is 0 Å². The van der Waals surface area contributed by atoms with Gasteiger partial charge in [-0.15, -0.1) is 0 Å². The van der Waals surface area contributed by atoms with Crippen LogP contribution in [0.2, 0.25) is 5.02 Å². The Hall–Kier alpha value is -3.59. The molecule has 0 saturated carbocycles. The molecule has 10 heteroatoms. The van der Waals surface area contributed by atoms with Gasteiger partial charge < -0.3 is 0 Å². The molecule has 0 bridgehead atoms. The van der Waals surface area contributed by atoms with Crippen LogP contribution in [-0.4, -0.2) is 27.2 Å². The summed E-state index contributed by atoms with van der Waals surface area (Å²) in [5.41, 5.74) is 3.67. The second-order valence-corrected chi connectivity index (χ2v) is 5.75. The van der Waals surface area contributed by atoms with Gasteiger partial charge in [-0.3, -0.25) is 20.0 Å². The summed E-state index contributed by atoms with van der Waals surface area (Å²) in [5.74, 6) is -0.931. The van der Waals surface area contributed by atoms with Crippen LogP contribution in [0.5, 0.6) is 0 Å². The van der Waals surface area contributed by atoms with Gasteiger partial charge in [-0.1, -0.05) is 17.7 Å². The molecular formula is C17H11ClFN5O3. The number of aromatic nitrogens is 2. The molecule has 1 heterocycles. The molecule has 2 aromatic carbocycles. The lowest BCUT2D eigenvalue weighted by Crippen LogP contribution is -2.18. The Labute approximate surface area is 156 Å². The second-order valence-electron chi connectivity index (χ2n) is 5.34. The number of aromatic amines is 1. The fourth-order valence-electron chi connectivity index (χ4n) is 2.18. The number of hydrogen-bond donors (Lipinski definition) is 2. The first-order chi connectivity index (χ1) is 12.9. The lowest BCUT2D eigenvalue weighted by atomic mass is 10.1. The zero-order valence-corrected chi connectivity index (χ0v) is 14.3. The number of amides is 1. The van der Waals surface area contributed by atoms with Crippen LogP contribution in [0, 0.1) is 15.9 Å². The van der Waals surface area contributed by atoms with Gasteiger partial charge in [-0.2, -0.15) is 10.2 Å². The van der Waals surface area contributed by atoms with Gasteiger partial charge in [0.2, 0.25) is 0 Å². The van der Waals surface area contributed by atoms with Crippen molar-refractivity contribution in [2.24, 2.45) is 5.10 Å². The molecule has 0 radical (unpaired) electrons. The zero-order valence-electron chi connectivity index (χ0n) is 13.5. The van der Waals surface area contributed by atoms with Gasteiger partial charge >= 0.3 is 0 Å². The maximum absolute atomic E-state index is 13.0. The number of benzene rings is 2. The van der Waals surface area contributed by atoms with Crippen LogP contribution in [-0.2, 0) is 0 Å². The summed E-state index contributed by atoms with van der Waals surface area (Å²) in [6.45, 7) is 0.